The van der Waals surface area contributed by atoms with Gasteiger partial charge in [-0.15, -0.1) is 0 Å². The summed E-state index contributed by atoms with van der Waals surface area (Å²) in [6, 6.07) is 47.9. The molecule has 0 saturated heterocycles. The highest BCUT2D eigenvalue weighted by Gasteiger charge is 2.61. The summed E-state index contributed by atoms with van der Waals surface area (Å²) >= 11 is 0. The van der Waals surface area contributed by atoms with Crippen molar-refractivity contribution >= 4 is 43.7 Å². The van der Waals surface area contributed by atoms with Crippen LogP contribution in [0.4, 0.5) is 0 Å². The zero-order valence-electron chi connectivity index (χ0n) is 26.8. The zero-order valence-corrected chi connectivity index (χ0v) is 26.8. The molecule has 230 valence electrons. The lowest BCUT2D eigenvalue weighted by molar-refractivity contribution is -0.0399. The van der Waals surface area contributed by atoms with E-state index < -0.39 is 0 Å². The summed E-state index contributed by atoms with van der Waals surface area (Å²) in [5.74, 6) is 3.48. The standard InChI is InChI=1S/C46H35NO/c1-4-10-40-34(7-1)37-26-33(15-16-41(37)46(40)31-20-27-19-28(22-31)23-32(46)21-27)47-42-11-5-2-8-35(42)38-24-29(13-17-43(38)47)30-14-18-45-39(25-30)36-9-3-6-12-44(36)48-45/h1-18,24-28,31-32H,19-23H2. The summed E-state index contributed by atoms with van der Waals surface area (Å²) in [7, 11) is 0. The molecule has 2 heterocycles. The Morgan fingerprint density at radius 1 is 0.479 bits per heavy atom. The lowest BCUT2D eigenvalue weighted by atomic mass is 9.43. The molecule has 2 aromatic heterocycles. The first-order chi connectivity index (χ1) is 23.7. The van der Waals surface area contributed by atoms with E-state index in [0.29, 0.717) is 0 Å². The van der Waals surface area contributed by atoms with Crippen LogP contribution in [0.15, 0.2) is 132 Å². The van der Waals surface area contributed by atoms with Gasteiger partial charge in [-0.05, 0) is 138 Å². The SMILES string of the molecule is c1ccc2c(c1)-c1cc(-n3c4ccccc4c4cc(-c5ccc6oc7ccccc7c6c5)ccc43)ccc1C21C2CC3CC(C2)CC1C3. The number of para-hydroxylation sites is 2. The molecule has 0 radical (unpaired) electrons. The molecule has 5 aliphatic rings. The lowest BCUT2D eigenvalue weighted by Gasteiger charge is -2.61. The summed E-state index contributed by atoms with van der Waals surface area (Å²) < 4.78 is 8.64. The van der Waals surface area contributed by atoms with Gasteiger partial charge in [-0.3, -0.25) is 0 Å². The Bertz CT molecular complexity index is 2620. The third kappa shape index (κ3) is 3.19. The zero-order chi connectivity index (χ0) is 31.1. The van der Waals surface area contributed by atoms with Crippen LogP contribution >= 0.6 is 0 Å². The van der Waals surface area contributed by atoms with Gasteiger partial charge in [-0.25, -0.2) is 0 Å². The molecule has 13 rings (SSSR count). The molecule has 6 aromatic carbocycles. The number of furan rings is 1. The molecule has 4 bridgehead atoms. The number of aromatic nitrogens is 1. The van der Waals surface area contributed by atoms with E-state index in [-0.39, 0.29) is 5.41 Å². The fraction of sp³-hybridized carbons (Fsp3) is 0.217. The summed E-state index contributed by atoms with van der Waals surface area (Å²) in [4.78, 5) is 0. The summed E-state index contributed by atoms with van der Waals surface area (Å²) in [5.41, 5.74) is 14.5. The summed E-state index contributed by atoms with van der Waals surface area (Å²) in [6.07, 6.45) is 7.16. The second kappa shape index (κ2) is 9.08. The Hall–Kier alpha value is -5.08. The van der Waals surface area contributed by atoms with E-state index in [9.17, 15) is 0 Å². The van der Waals surface area contributed by atoms with Crippen molar-refractivity contribution in [2.45, 2.75) is 37.5 Å². The average Bonchev–Trinajstić information content (AvgIpc) is 3.76. The van der Waals surface area contributed by atoms with Crippen LogP contribution in [0, 0.1) is 23.7 Å². The number of nitrogens with zero attached hydrogens (tertiary/aromatic N) is 1. The minimum absolute atomic E-state index is 0.203. The topological polar surface area (TPSA) is 18.1 Å². The third-order valence-corrected chi connectivity index (χ3v) is 13.2. The first-order valence-corrected chi connectivity index (χ1v) is 17.9. The molecular weight excluding hydrogens is 583 g/mol. The Labute approximate surface area is 279 Å². The van der Waals surface area contributed by atoms with Gasteiger partial charge in [-0.1, -0.05) is 78.9 Å². The number of fused-ring (bicyclic) bond motifs is 9. The van der Waals surface area contributed by atoms with Crippen molar-refractivity contribution in [3.8, 4) is 27.9 Å². The minimum Gasteiger partial charge on any atom is -0.456 e. The molecule has 48 heavy (non-hydrogen) atoms. The number of hydrogen-bond acceptors (Lipinski definition) is 1. The maximum absolute atomic E-state index is 6.14. The van der Waals surface area contributed by atoms with E-state index in [1.165, 1.54) is 92.6 Å². The van der Waals surface area contributed by atoms with Crippen LogP contribution in [-0.2, 0) is 5.41 Å². The molecule has 0 atom stereocenters. The van der Waals surface area contributed by atoms with Gasteiger partial charge in [0, 0.05) is 32.6 Å². The van der Waals surface area contributed by atoms with Crippen LogP contribution in [0.3, 0.4) is 0 Å². The highest BCUT2D eigenvalue weighted by Crippen LogP contribution is 2.69. The van der Waals surface area contributed by atoms with Crippen molar-refractivity contribution < 1.29 is 4.42 Å². The van der Waals surface area contributed by atoms with Crippen molar-refractivity contribution in [1.82, 2.24) is 4.57 Å². The molecule has 8 aromatic rings. The second-order valence-corrected chi connectivity index (χ2v) is 15.3. The fourth-order valence-electron chi connectivity index (χ4n) is 11.6. The molecule has 2 heteroatoms. The Morgan fingerprint density at radius 3 is 1.98 bits per heavy atom. The van der Waals surface area contributed by atoms with Gasteiger partial charge in [0.2, 0.25) is 0 Å². The van der Waals surface area contributed by atoms with Gasteiger partial charge in [0.25, 0.3) is 0 Å². The fourth-order valence-corrected chi connectivity index (χ4v) is 11.6. The van der Waals surface area contributed by atoms with Gasteiger partial charge < -0.3 is 8.98 Å². The molecule has 1 spiro atoms. The van der Waals surface area contributed by atoms with Gasteiger partial charge >= 0.3 is 0 Å². The van der Waals surface area contributed by atoms with E-state index in [1.54, 1.807) is 11.1 Å². The molecule has 4 saturated carbocycles. The van der Waals surface area contributed by atoms with Gasteiger partial charge in [0.15, 0.2) is 0 Å². The molecule has 0 unspecified atom stereocenters. The van der Waals surface area contributed by atoms with Gasteiger partial charge in [0.1, 0.15) is 11.2 Å². The lowest BCUT2D eigenvalue weighted by Crippen LogP contribution is -2.55. The molecule has 4 fully saturated rings. The van der Waals surface area contributed by atoms with Crippen molar-refractivity contribution in [2.75, 3.05) is 0 Å². The van der Waals surface area contributed by atoms with Crippen LogP contribution in [0.1, 0.15) is 43.2 Å². The maximum Gasteiger partial charge on any atom is 0.135 e. The first kappa shape index (κ1) is 25.9. The predicted octanol–water partition coefficient (Wildman–Crippen LogP) is 12.1. The minimum atomic E-state index is 0.203. The van der Waals surface area contributed by atoms with E-state index >= 15 is 0 Å². The molecule has 5 aliphatic carbocycles. The molecule has 0 aliphatic heterocycles. The normalized spacial score (nSPS) is 25.2. The number of rotatable bonds is 2. The van der Waals surface area contributed by atoms with Crippen LogP contribution in [-0.4, -0.2) is 4.57 Å². The second-order valence-electron chi connectivity index (χ2n) is 15.3. The quantitative estimate of drug-likeness (QED) is 0.189. The Morgan fingerprint density at radius 2 is 1.12 bits per heavy atom. The first-order valence-electron chi connectivity index (χ1n) is 17.9. The van der Waals surface area contributed by atoms with Crippen molar-refractivity contribution in [3.05, 3.63) is 139 Å². The van der Waals surface area contributed by atoms with Gasteiger partial charge in [-0.2, -0.15) is 0 Å². The largest absolute Gasteiger partial charge is 0.456 e. The maximum atomic E-state index is 6.14. The average molecular weight is 618 g/mol. The van der Waals surface area contributed by atoms with E-state index in [2.05, 4.69) is 126 Å². The van der Waals surface area contributed by atoms with Crippen molar-refractivity contribution in [2.24, 2.45) is 23.7 Å². The highest BCUT2D eigenvalue weighted by molar-refractivity contribution is 6.11. The Kier molecular flexibility index (Phi) is 4.91. The van der Waals surface area contributed by atoms with Gasteiger partial charge in [0.05, 0.1) is 11.0 Å². The molecular formula is C46H35NO. The van der Waals surface area contributed by atoms with Crippen LogP contribution in [0.2, 0.25) is 0 Å². The number of hydrogen-bond donors (Lipinski definition) is 0. The Balaban J connectivity index is 1.04. The van der Waals surface area contributed by atoms with E-state index in [1.807, 2.05) is 6.07 Å². The summed E-state index contributed by atoms with van der Waals surface area (Å²) in [5, 5.41) is 4.92. The number of benzene rings is 6. The van der Waals surface area contributed by atoms with Crippen LogP contribution < -0.4 is 0 Å². The third-order valence-electron chi connectivity index (χ3n) is 13.2. The smallest absolute Gasteiger partial charge is 0.135 e. The summed E-state index contributed by atoms with van der Waals surface area (Å²) in [6.45, 7) is 0. The molecule has 2 nitrogen and oxygen atoms in total. The van der Waals surface area contributed by atoms with Crippen LogP contribution in [0.25, 0.3) is 71.7 Å². The van der Waals surface area contributed by atoms with Crippen LogP contribution in [0.5, 0.6) is 0 Å². The predicted molar refractivity (Wildman–Crippen MR) is 197 cm³/mol. The molecule has 0 N–H and O–H groups in total. The molecule has 0 amide bonds. The van der Waals surface area contributed by atoms with E-state index in [4.69, 9.17) is 4.42 Å². The van der Waals surface area contributed by atoms with Crippen molar-refractivity contribution in [1.29, 1.82) is 0 Å². The van der Waals surface area contributed by atoms with Crippen molar-refractivity contribution in [3.63, 3.8) is 0 Å². The van der Waals surface area contributed by atoms with E-state index in [0.717, 1.165) is 34.8 Å². The monoisotopic (exact) mass is 617 g/mol. The highest BCUT2D eigenvalue weighted by atomic mass is 16.3.